The number of nitrogens with one attached hydrogen (secondary N) is 1. The second-order valence-electron chi connectivity index (χ2n) is 4.64. The summed E-state index contributed by atoms with van der Waals surface area (Å²) in [4.78, 5) is 0. The standard InChI is InChI=1S/C14H29NO/c1-7-12(6)10-13(15-8-2)14(11(4)5)16-9-3/h11,13-15H,6-10H2,1-5H3. The number of hydrogen-bond donors (Lipinski definition) is 1. The Morgan fingerprint density at radius 1 is 1.25 bits per heavy atom. The van der Waals surface area contributed by atoms with Crippen molar-refractivity contribution in [1.82, 2.24) is 5.32 Å². The van der Waals surface area contributed by atoms with Crippen LogP contribution in [0.5, 0.6) is 0 Å². The van der Waals surface area contributed by atoms with Crippen LogP contribution in [0.15, 0.2) is 12.2 Å². The van der Waals surface area contributed by atoms with Gasteiger partial charge in [0.25, 0.3) is 0 Å². The van der Waals surface area contributed by atoms with E-state index in [0.29, 0.717) is 12.0 Å². The first-order valence-electron chi connectivity index (χ1n) is 6.58. The SMILES string of the molecule is C=C(CC)CC(NCC)C(OCC)C(C)C. The molecule has 0 aliphatic heterocycles. The van der Waals surface area contributed by atoms with Gasteiger partial charge in [-0.25, -0.2) is 0 Å². The minimum Gasteiger partial charge on any atom is -0.377 e. The van der Waals surface area contributed by atoms with E-state index in [1.165, 1.54) is 5.57 Å². The van der Waals surface area contributed by atoms with Gasteiger partial charge in [-0.15, -0.1) is 0 Å². The van der Waals surface area contributed by atoms with E-state index >= 15 is 0 Å². The van der Waals surface area contributed by atoms with Crippen molar-refractivity contribution in [1.29, 1.82) is 0 Å². The minimum absolute atomic E-state index is 0.285. The molecule has 2 unspecified atom stereocenters. The molecule has 2 atom stereocenters. The van der Waals surface area contributed by atoms with Gasteiger partial charge in [-0.2, -0.15) is 0 Å². The Kier molecular flexibility index (Phi) is 8.58. The van der Waals surface area contributed by atoms with Crippen LogP contribution in [-0.2, 0) is 4.74 Å². The summed E-state index contributed by atoms with van der Waals surface area (Å²) in [6.45, 7) is 16.7. The van der Waals surface area contributed by atoms with Gasteiger partial charge in [-0.3, -0.25) is 0 Å². The molecule has 0 saturated heterocycles. The lowest BCUT2D eigenvalue weighted by atomic mass is 9.93. The van der Waals surface area contributed by atoms with Crippen LogP contribution in [0, 0.1) is 5.92 Å². The monoisotopic (exact) mass is 227 g/mol. The highest BCUT2D eigenvalue weighted by molar-refractivity contribution is 4.99. The number of likely N-dealkylation sites (N-methyl/N-ethyl adjacent to an activating group) is 1. The van der Waals surface area contributed by atoms with Crippen LogP contribution in [0.2, 0.25) is 0 Å². The molecule has 16 heavy (non-hydrogen) atoms. The summed E-state index contributed by atoms with van der Waals surface area (Å²) in [6, 6.07) is 0.400. The summed E-state index contributed by atoms with van der Waals surface area (Å²) in [5.41, 5.74) is 1.30. The Balaban J connectivity index is 4.49. The minimum atomic E-state index is 0.285. The first kappa shape index (κ1) is 15.7. The molecule has 0 aliphatic rings. The Morgan fingerprint density at radius 2 is 1.88 bits per heavy atom. The summed E-state index contributed by atoms with van der Waals surface area (Å²) in [7, 11) is 0. The molecule has 0 spiro atoms. The molecule has 0 aromatic heterocycles. The Bertz CT molecular complexity index is 189. The smallest absolute Gasteiger partial charge is 0.0753 e. The molecule has 2 heteroatoms. The van der Waals surface area contributed by atoms with Crippen LogP contribution < -0.4 is 5.32 Å². The fourth-order valence-electron chi connectivity index (χ4n) is 1.99. The van der Waals surface area contributed by atoms with Crippen LogP contribution in [-0.4, -0.2) is 25.3 Å². The summed E-state index contributed by atoms with van der Waals surface area (Å²) < 4.78 is 5.86. The van der Waals surface area contributed by atoms with E-state index < -0.39 is 0 Å². The maximum atomic E-state index is 5.86. The summed E-state index contributed by atoms with van der Waals surface area (Å²) in [5.74, 6) is 0.536. The third-order valence-corrected chi connectivity index (χ3v) is 2.89. The largest absolute Gasteiger partial charge is 0.377 e. The first-order chi connectivity index (χ1) is 7.56. The number of hydrogen-bond acceptors (Lipinski definition) is 2. The zero-order chi connectivity index (χ0) is 12.6. The van der Waals surface area contributed by atoms with Crippen molar-refractivity contribution in [3.63, 3.8) is 0 Å². The van der Waals surface area contributed by atoms with Gasteiger partial charge in [0.2, 0.25) is 0 Å². The zero-order valence-corrected chi connectivity index (χ0v) is 11.7. The predicted octanol–water partition coefficient (Wildman–Crippen LogP) is 3.38. The second kappa shape index (κ2) is 8.77. The van der Waals surface area contributed by atoms with E-state index in [4.69, 9.17) is 4.74 Å². The van der Waals surface area contributed by atoms with Gasteiger partial charge in [0.1, 0.15) is 0 Å². The van der Waals surface area contributed by atoms with Crippen molar-refractivity contribution in [3.05, 3.63) is 12.2 Å². The second-order valence-corrected chi connectivity index (χ2v) is 4.64. The highest BCUT2D eigenvalue weighted by atomic mass is 16.5. The van der Waals surface area contributed by atoms with Gasteiger partial charge in [0.05, 0.1) is 6.10 Å². The highest BCUT2D eigenvalue weighted by Gasteiger charge is 2.24. The lowest BCUT2D eigenvalue weighted by Gasteiger charge is -2.31. The third-order valence-electron chi connectivity index (χ3n) is 2.89. The molecule has 0 aliphatic carbocycles. The van der Waals surface area contributed by atoms with Crippen molar-refractivity contribution in [3.8, 4) is 0 Å². The molecule has 0 heterocycles. The van der Waals surface area contributed by atoms with Gasteiger partial charge in [0, 0.05) is 12.6 Å². The van der Waals surface area contributed by atoms with E-state index in [1.54, 1.807) is 0 Å². The first-order valence-corrected chi connectivity index (χ1v) is 6.58. The maximum absolute atomic E-state index is 5.86. The molecule has 1 N–H and O–H groups in total. The van der Waals surface area contributed by atoms with Crippen molar-refractivity contribution < 1.29 is 4.74 Å². The van der Waals surface area contributed by atoms with Crippen molar-refractivity contribution >= 4 is 0 Å². The predicted molar refractivity (Wildman–Crippen MR) is 71.8 cm³/mol. The number of rotatable bonds is 9. The van der Waals surface area contributed by atoms with Crippen LogP contribution >= 0.6 is 0 Å². The molecule has 0 rings (SSSR count). The van der Waals surface area contributed by atoms with E-state index in [2.05, 4.69) is 46.5 Å². The topological polar surface area (TPSA) is 21.3 Å². The normalized spacial score (nSPS) is 15.1. The lowest BCUT2D eigenvalue weighted by molar-refractivity contribution is 0.00386. The molecule has 0 fully saturated rings. The van der Waals surface area contributed by atoms with Crippen molar-refractivity contribution in [2.75, 3.05) is 13.2 Å². The van der Waals surface area contributed by atoms with E-state index in [-0.39, 0.29) is 6.10 Å². The average Bonchev–Trinajstić information content (AvgIpc) is 2.24. The van der Waals surface area contributed by atoms with E-state index in [9.17, 15) is 0 Å². The fourth-order valence-corrected chi connectivity index (χ4v) is 1.99. The molecular formula is C14H29NO. The molecule has 2 nitrogen and oxygen atoms in total. The molecule has 0 radical (unpaired) electrons. The molecule has 0 saturated carbocycles. The van der Waals surface area contributed by atoms with Gasteiger partial charge in [0.15, 0.2) is 0 Å². The molecule has 0 aromatic rings. The molecule has 0 bridgehead atoms. The van der Waals surface area contributed by atoms with Crippen LogP contribution in [0.25, 0.3) is 0 Å². The number of ether oxygens (including phenoxy) is 1. The van der Waals surface area contributed by atoms with Crippen LogP contribution in [0.4, 0.5) is 0 Å². The summed E-state index contributed by atoms with van der Waals surface area (Å²) >= 11 is 0. The molecule has 0 amide bonds. The average molecular weight is 227 g/mol. The molecule has 0 aromatic carbocycles. The zero-order valence-electron chi connectivity index (χ0n) is 11.7. The third kappa shape index (κ3) is 5.66. The van der Waals surface area contributed by atoms with Crippen molar-refractivity contribution in [2.45, 2.75) is 59.6 Å². The van der Waals surface area contributed by atoms with Gasteiger partial charge >= 0.3 is 0 Å². The highest BCUT2D eigenvalue weighted by Crippen LogP contribution is 2.18. The fraction of sp³-hybridized carbons (Fsp3) is 0.857. The maximum Gasteiger partial charge on any atom is 0.0753 e. The van der Waals surface area contributed by atoms with Crippen molar-refractivity contribution in [2.24, 2.45) is 5.92 Å². The van der Waals surface area contributed by atoms with E-state index in [0.717, 1.165) is 26.0 Å². The lowest BCUT2D eigenvalue weighted by Crippen LogP contribution is -2.44. The van der Waals surface area contributed by atoms with Crippen LogP contribution in [0.3, 0.4) is 0 Å². The van der Waals surface area contributed by atoms with E-state index in [1.807, 2.05) is 0 Å². The molecule has 96 valence electrons. The Labute approximate surface area is 101 Å². The summed E-state index contributed by atoms with van der Waals surface area (Å²) in [5, 5.41) is 3.53. The van der Waals surface area contributed by atoms with Crippen LogP contribution in [0.1, 0.15) is 47.5 Å². The quantitative estimate of drug-likeness (QED) is 0.610. The van der Waals surface area contributed by atoms with Gasteiger partial charge < -0.3 is 10.1 Å². The molecular weight excluding hydrogens is 198 g/mol. The Hall–Kier alpha value is -0.340. The Morgan fingerprint density at radius 3 is 2.25 bits per heavy atom. The van der Waals surface area contributed by atoms with Gasteiger partial charge in [-0.05, 0) is 32.2 Å². The summed E-state index contributed by atoms with van der Waals surface area (Å²) in [6.07, 6.45) is 2.36. The van der Waals surface area contributed by atoms with Gasteiger partial charge in [-0.1, -0.05) is 39.8 Å².